The van der Waals surface area contributed by atoms with E-state index < -0.39 is 0 Å². The zero-order valence-corrected chi connectivity index (χ0v) is 11.3. The van der Waals surface area contributed by atoms with Gasteiger partial charge in [-0.05, 0) is 36.6 Å². The minimum Gasteiger partial charge on any atom is -0.295 e. The standard InChI is InChI=1S/C13H16Cl2FN/c1-9-4-5-17(13(9)7-14)8-10-2-3-11(15)12(16)6-10/h2-3,6,9,13H,4-5,7-8H2,1H3. The van der Waals surface area contributed by atoms with Crippen molar-refractivity contribution in [1.29, 1.82) is 0 Å². The molecule has 1 aromatic carbocycles. The Morgan fingerprint density at radius 3 is 2.88 bits per heavy atom. The van der Waals surface area contributed by atoms with Crippen molar-refractivity contribution >= 4 is 23.2 Å². The van der Waals surface area contributed by atoms with Crippen LogP contribution >= 0.6 is 23.2 Å². The maximum atomic E-state index is 13.3. The molecular formula is C13H16Cl2FN. The second kappa shape index (κ2) is 5.55. The summed E-state index contributed by atoms with van der Waals surface area (Å²) in [5.41, 5.74) is 0.955. The normalized spacial score (nSPS) is 25.4. The molecule has 0 radical (unpaired) electrons. The molecule has 1 heterocycles. The molecule has 1 aliphatic heterocycles. The first-order valence-corrected chi connectivity index (χ1v) is 6.77. The number of halogens is 3. The fourth-order valence-electron chi connectivity index (χ4n) is 2.41. The van der Waals surface area contributed by atoms with Gasteiger partial charge in [-0.1, -0.05) is 24.6 Å². The molecule has 1 nitrogen and oxygen atoms in total. The molecule has 94 valence electrons. The summed E-state index contributed by atoms with van der Waals surface area (Å²) in [7, 11) is 0. The molecule has 2 unspecified atom stereocenters. The maximum absolute atomic E-state index is 13.3. The van der Waals surface area contributed by atoms with Crippen molar-refractivity contribution in [2.24, 2.45) is 5.92 Å². The second-order valence-electron chi connectivity index (χ2n) is 4.71. The smallest absolute Gasteiger partial charge is 0.142 e. The molecule has 4 heteroatoms. The van der Waals surface area contributed by atoms with Gasteiger partial charge in [0.25, 0.3) is 0 Å². The Bertz CT molecular complexity index is 397. The summed E-state index contributed by atoms with van der Waals surface area (Å²) >= 11 is 11.6. The van der Waals surface area contributed by atoms with Crippen molar-refractivity contribution in [2.45, 2.75) is 25.9 Å². The SMILES string of the molecule is CC1CCN(Cc2ccc(Cl)c(F)c2)C1CCl. The Morgan fingerprint density at radius 1 is 1.47 bits per heavy atom. The number of likely N-dealkylation sites (tertiary alicyclic amines) is 1. The molecule has 2 rings (SSSR count). The summed E-state index contributed by atoms with van der Waals surface area (Å²) in [6, 6.07) is 5.40. The molecule has 0 spiro atoms. The molecule has 1 saturated heterocycles. The van der Waals surface area contributed by atoms with Crippen LogP contribution in [0.5, 0.6) is 0 Å². The highest BCUT2D eigenvalue weighted by atomic mass is 35.5. The molecule has 0 aromatic heterocycles. The highest BCUT2D eigenvalue weighted by Gasteiger charge is 2.30. The van der Waals surface area contributed by atoms with Gasteiger partial charge in [0, 0.05) is 18.5 Å². The average molecular weight is 276 g/mol. The summed E-state index contributed by atoms with van der Waals surface area (Å²) in [6.45, 7) is 3.99. The van der Waals surface area contributed by atoms with Crippen molar-refractivity contribution in [3.8, 4) is 0 Å². The van der Waals surface area contributed by atoms with Crippen molar-refractivity contribution in [3.05, 3.63) is 34.6 Å². The Morgan fingerprint density at radius 2 is 2.24 bits per heavy atom. The van der Waals surface area contributed by atoms with Crippen molar-refractivity contribution in [1.82, 2.24) is 4.90 Å². The number of nitrogens with zero attached hydrogens (tertiary/aromatic N) is 1. The van der Waals surface area contributed by atoms with Gasteiger partial charge in [0.15, 0.2) is 0 Å². The van der Waals surface area contributed by atoms with Crippen LogP contribution in [0.3, 0.4) is 0 Å². The van der Waals surface area contributed by atoms with Gasteiger partial charge in [0.2, 0.25) is 0 Å². The zero-order chi connectivity index (χ0) is 12.4. The molecule has 2 atom stereocenters. The van der Waals surface area contributed by atoms with Crippen molar-refractivity contribution in [3.63, 3.8) is 0 Å². The Hall–Kier alpha value is -0.310. The van der Waals surface area contributed by atoms with E-state index in [1.165, 1.54) is 6.07 Å². The first-order valence-electron chi connectivity index (χ1n) is 5.85. The van der Waals surface area contributed by atoms with Crippen molar-refractivity contribution < 1.29 is 4.39 Å². The monoisotopic (exact) mass is 275 g/mol. The average Bonchev–Trinajstić information content (AvgIpc) is 2.64. The van der Waals surface area contributed by atoms with E-state index in [1.807, 2.05) is 6.07 Å². The van der Waals surface area contributed by atoms with Gasteiger partial charge in [-0.25, -0.2) is 4.39 Å². The summed E-state index contributed by atoms with van der Waals surface area (Å²) in [4.78, 5) is 2.32. The van der Waals surface area contributed by atoms with Crippen LogP contribution < -0.4 is 0 Å². The van der Waals surface area contributed by atoms with Crippen LogP contribution in [-0.2, 0) is 6.54 Å². The van der Waals surface area contributed by atoms with Gasteiger partial charge < -0.3 is 0 Å². The van der Waals surface area contributed by atoms with Crippen LogP contribution in [0.15, 0.2) is 18.2 Å². The molecular weight excluding hydrogens is 260 g/mol. The van der Waals surface area contributed by atoms with Crippen LogP contribution in [0.25, 0.3) is 0 Å². The van der Waals surface area contributed by atoms with Crippen LogP contribution in [0.4, 0.5) is 4.39 Å². The third-order valence-electron chi connectivity index (χ3n) is 3.53. The lowest BCUT2D eigenvalue weighted by atomic mass is 10.0. The van der Waals surface area contributed by atoms with Gasteiger partial charge in [0.05, 0.1) is 5.02 Å². The minimum absolute atomic E-state index is 0.178. The molecule has 17 heavy (non-hydrogen) atoms. The van der Waals surface area contributed by atoms with Gasteiger partial charge in [-0.2, -0.15) is 0 Å². The molecule has 1 aliphatic rings. The van der Waals surface area contributed by atoms with Crippen LogP contribution in [0, 0.1) is 11.7 Å². The highest BCUT2D eigenvalue weighted by Crippen LogP contribution is 2.27. The summed E-state index contributed by atoms with van der Waals surface area (Å²) in [6.07, 6.45) is 1.16. The number of benzene rings is 1. The van der Waals surface area contributed by atoms with E-state index in [4.69, 9.17) is 23.2 Å². The molecule has 0 saturated carbocycles. The molecule has 1 fully saturated rings. The highest BCUT2D eigenvalue weighted by molar-refractivity contribution is 6.30. The van der Waals surface area contributed by atoms with E-state index in [1.54, 1.807) is 6.07 Å². The van der Waals surface area contributed by atoms with E-state index in [-0.39, 0.29) is 10.8 Å². The lowest BCUT2D eigenvalue weighted by Crippen LogP contribution is -2.33. The van der Waals surface area contributed by atoms with Crippen LogP contribution in [0.2, 0.25) is 5.02 Å². The Kier molecular flexibility index (Phi) is 4.29. The number of alkyl halides is 1. The topological polar surface area (TPSA) is 3.24 Å². The molecule has 0 N–H and O–H groups in total. The predicted octanol–water partition coefficient (Wildman–Crippen LogP) is 3.93. The molecule has 0 aliphatic carbocycles. The fraction of sp³-hybridized carbons (Fsp3) is 0.538. The quantitative estimate of drug-likeness (QED) is 0.756. The lowest BCUT2D eigenvalue weighted by Gasteiger charge is -2.24. The largest absolute Gasteiger partial charge is 0.295 e. The van der Waals surface area contributed by atoms with Gasteiger partial charge in [-0.15, -0.1) is 11.6 Å². The molecule has 0 bridgehead atoms. The van der Waals surface area contributed by atoms with Crippen molar-refractivity contribution in [2.75, 3.05) is 12.4 Å². The van der Waals surface area contributed by atoms with Gasteiger partial charge in [0.1, 0.15) is 5.82 Å². The minimum atomic E-state index is -0.348. The van der Waals surface area contributed by atoms with Gasteiger partial charge >= 0.3 is 0 Å². The number of hydrogen-bond donors (Lipinski definition) is 0. The maximum Gasteiger partial charge on any atom is 0.142 e. The van der Waals surface area contributed by atoms with Gasteiger partial charge in [-0.3, -0.25) is 4.90 Å². The predicted molar refractivity (Wildman–Crippen MR) is 70.1 cm³/mol. The van der Waals surface area contributed by atoms with Crippen LogP contribution in [0.1, 0.15) is 18.9 Å². The van der Waals surface area contributed by atoms with E-state index >= 15 is 0 Å². The second-order valence-corrected chi connectivity index (χ2v) is 5.42. The summed E-state index contributed by atoms with van der Waals surface area (Å²) in [5, 5.41) is 0.178. The molecule has 0 amide bonds. The third kappa shape index (κ3) is 2.93. The number of hydrogen-bond acceptors (Lipinski definition) is 1. The van der Waals surface area contributed by atoms with E-state index in [9.17, 15) is 4.39 Å². The first-order chi connectivity index (χ1) is 8.11. The molecule has 1 aromatic rings. The van der Waals surface area contributed by atoms with E-state index in [0.29, 0.717) is 17.8 Å². The summed E-state index contributed by atoms with van der Waals surface area (Å²) in [5.74, 6) is 0.903. The van der Waals surface area contributed by atoms with Crippen LogP contribution in [-0.4, -0.2) is 23.4 Å². The zero-order valence-electron chi connectivity index (χ0n) is 9.80. The Balaban J connectivity index is 2.07. The third-order valence-corrected chi connectivity index (χ3v) is 4.15. The van der Waals surface area contributed by atoms with E-state index in [0.717, 1.165) is 25.1 Å². The lowest BCUT2D eigenvalue weighted by molar-refractivity contribution is 0.242. The van der Waals surface area contributed by atoms with E-state index in [2.05, 4.69) is 11.8 Å². The Labute approximate surface area is 112 Å². The summed E-state index contributed by atoms with van der Waals surface area (Å²) < 4.78 is 13.3. The number of rotatable bonds is 3. The fourth-order valence-corrected chi connectivity index (χ4v) is 3.02. The first kappa shape index (κ1) is 13.1.